The molecule has 0 atom stereocenters. The quantitative estimate of drug-likeness (QED) is 0.644. The third kappa shape index (κ3) is 1.75. The smallest absolute Gasteiger partial charge is 0.180 e. The Balaban J connectivity index is 2.16. The van der Waals surface area contributed by atoms with Gasteiger partial charge in [-0.1, -0.05) is 11.3 Å². The molecule has 0 spiro atoms. The van der Waals surface area contributed by atoms with E-state index < -0.39 is 5.60 Å². The lowest BCUT2D eigenvalue weighted by Crippen LogP contribution is -2.36. The van der Waals surface area contributed by atoms with Gasteiger partial charge in [0.2, 0.25) is 0 Å². The molecular weight excluding hydrogens is 198 g/mol. The molecule has 1 aliphatic carbocycles. The van der Waals surface area contributed by atoms with Crippen LogP contribution >= 0.6 is 11.3 Å². The standard InChI is InChI=1S/C9H15N3OS/c10-6-1-3-9(13,4-2-6)7-5-12-8(11)14-7/h5-6,13H,1-4,10H2,(H2,11,12). The normalized spacial score (nSPS) is 33.1. The lowest BCUT2D eigenvalue weighted by Gasteiger charge is -2.33. The first-order valence-electron chi connectivity index (χ1n) is 4.80. The van der Waals surface area contributed by atoms with Crippen LogP contribution in [0.5, 0.6) is 0 Å². The van der Waals surface area contributed by atoms with Gasteiger partial charge in [-0.3, -0.25) is 0 Å². The SMILES string of the molecule is Nc1ncc(C2(O)CCC(N)CC2)s1. The van der Waals surface area contributed by atoms with Crippen molar-refractivity contribution >= 4 is 16.5 Å². The van der Waals surface area contributed by atoms with Gasteiger partial charge >= 0.3 is 0 Å². The summed E-state index contributed by atoms with van der Waals surface area (Å²) in [5.74, 6) is 0. The summed E-state index contributed by atoms with van der Waals surface area (Å²) in [5.41, 5.74) is 10.6. The highest BCUT2D eigenvalue weighted by atomic mass is 32.1. The molecule has 0 aliphatic heterocycles. The predicted octanol–water partition coefficient (Wildman–Crippen LogP) is 0.814. The van der Waals surface area contributed by atoms with E-state index in [2.05, 4.69) is 4.98 Å². The number of nitrogen functional groups attached to an aromatic ring is 1. The molecule has 78 valence electrons. The number of rotatable bonds is 1. The van der Waals surface area contributed by atoms with Crippen molar-refractivity contribution in [1.29, 1.82) is 0 Å². The molecule has 4 nitrogen and oxygen atoms in total. The number of nitrogens with two attached hydrogens (primary N) is 2. The second kappa shape index (κ2) is 3.49. The lowest BCUT2D eigenvalue weighted by atomic mass is 9.82. The molecule has 0 amide bonds. The number of aliphatic hydroxyl groups is 1. The van der Waals surface area contributed by atoms with E-state index in [9.17, 15) is 5.11 Å². The van der Waals surface area contributed by atoms with Gasteiger partial charge in [-0.2, -0.15) is 0 Å². The van der Waals surface area contributed by atoms with E-state index in [4.69, 9.17) is 11.5 Å². The molecule has 1 saturated carbocycles. The average molecular weight is 213 g/mol. The summed E-state index contributed by atoms with van der Waals surface area (Å²) in [6.07, 6.45) is 4.85. The van der Waals surface area contributed by atoms with Crippen molar-refractivity contribution in [3.8, 4) is 0 Å². The monoisotopic (exact) mass is 213 g/mol. The van der Waals surface area contributed by atoms with Gasteiger partial charge < -0.3 is 16.6 Å². The maximum Gasteiger partial charge on any atom is 0.180 e. The van der Waals surface area contributed by atoms with E-state index in [-0.39, 0.29) is 6.04 Å². The molecule has 0 bridgehead atoms. The molecule has 1 aliphatic rings. The van der Waals surface area contributed by atoms with E-state index in [1.807, 2.05) is 0 Å². The lowest BCUT2D eigenvalue weighted by molar-refractivity contribution is -0.00175. The van der Waals surface area contributed by atoms with Crippen molar-refractivity contribution in [2.24, 2.45) is 5.73 Å². The highest BCUT2D eigenvalue weighted by molar-refractivity contribution is 7.15. The highest BCUT2D eigenvalue weighted by Crippen LogP contribution is 2.39. The second-order valence-electron chi connectivity index (χ2n) is 3.93. The predicted molar refractivity (Wildman–Crippen MR) is 56.9 cm³/mol. The van der Waals surface area contributed by atoms with E-state index >= 15 is 0 Å². The van der Waals surface area contributed by atoms with E-state index in [1.165, 1.54) is 11.3 Å². The zero-order valence-electron chi connectivity index (χ0n) is 7.94. The summed E-state index contributed by atoms with van der Waals surface area (Å²) in [7, 11) is 0. The van der Waals surface area contributed by atoms with Crippen molar-refractivity contribution in [2.75, 3.05) is 5.73 Å². The maximum absolute atomic E-state index is 10.3. The first-order chi connectivity index (χ1) is 6.60. The van der Waals surface area contributed by atoms with Gasteiger partial charge in [-0.25, -0.2) is 4.98 Å². The minimum atomic E-state index is -0.731. The fraction of sp³-hybridized carbons (Fsp3) is 0.667. The van der Waals surface area contributed by atoms with Gasteiger partial charge in [0, 0.05) is 12.2 Å². The van der Waals surface area contributed by atoms with Gasteiger partial charge in [0.25, 0.3) is 0 Å². The number of thiazole rings is 1. The summed E-state index contributed by atoms with van der Waals surface area (Å²) < 4.78 is 0. The molecule has 5 heteroatoms. The zero-order valence-corrected chi connectivity index (χ0v) is 8.76. The van der Waals surface area contributed by atoms with Crippen LogP contribution in [-0.4, -0.2) is 16.1 Å². The summed E-state index contributed by atoms with van der Waals surface area (Å²) in [6.45, 7) is 0. The third-order valence-corrected chi connectivity index (χ3v) is 3.86. The molecule has 0 aromatic carbocycles. The molecular formula is C9H15N3OS. The van der Waals surface area contributed by atoms with Crippen LogP contribution < -0.4 is 11.5 Å². The van der Waals surface area contributed by atoms with Crippen molar-refractivity contribution in [3.63, 3.8) is 0 Å². The van der Waals surface area contributed by atoms with Crippen molar-refractivity contribution < 1.29 is 5.11 Å². The minimum Gasteiger partial charge on any atom is -0.384 e. The Labute approximate surface area is 86.9 Å². The zero-order chi connectivity index (χ0) is 10.2. The van der Waals surface area contributed by atoms with Crippen LogP contribution in [0.3, 0.4) is 0 Å². The number of aromatic nitrogens is 1. The Morgan fingerprint density at radius 1 is 1.50 bits per heavy atom. The van der Waals surface area contributed by atoms with E-state index in [0.29, 0.717) is 5.13 Å². The third-order valence-electron chi connectivity index (χ3n) is 2.84. The fourth-order valence-electron chi connectivity index (χ4n) is 1.87. The Bertz CT molecular complexity index is 318. The van der Waals surface area contributed by atoms with Crippen molar-refractivity contribution in [2.45, 2.75) is 37.3 Å². The van der Waals surface area contributed by atoms with Gasteiger partial charge in [0.1, 0.15) is 5.60 Å². The van der Waals surface area contributed by atoms with E-state index in [1.54, 1.807) is 6.20 Å². The first-order valence-corrected chi connectivity index (χ1v) is 5.61. The Kier molecular flexibility index (Phi) is 2.47. The first kappa shape index (κ1) is 9.89. The Hall–Kier alpha value is -0.650. The summed E-state index contributed by atoms with van der Waals surface area (Å²) in [5, 5.41) is 10.8. The van der Waals surface area contributed by atoms with Crippen LogP contribution in [0.4, 0.5) is 5.13 Å². The summed E-state index contributed by atoms with van der Waals surface area (Å²) in [6, 6.07) is 0.237. The number of hydrogen-bond acceptors (Lipinski definition) is 5. The van der Waals surface area contributed by atoms with Gasteiger partial charge in [-0.05, 0) is 25.7 Å². The highest BCUT2D eigenvalue weighted by Gasteiger charge is 2.35. The van der Waals surface area contributed by atoms with Crippen LogP contribution in [-0.2, 0) is 5.60 Å². The minimum absolute atomic E-state index is 0.237. The second-order valence-corrected chi connectivity index (χ2v) is 4.99. The molecule has 1 fully saturated rings. The van der Waals surface area contributed by atoms with Crippen molar-refractivity contribution in [3.05, 3.63) is 11.1 Å². The van der Waals surface area contributed by atoms with Crippen LogP contribution in [0, 0.1) is 0 Å². The molecule has 2 rings (SSSR count). The van der Waals surface area contributed by atoms with Crippen molar-refractivity contribution in [1.82, 2.24) is 4.98 Å². The largest absolute Gasteiger partial charge is 0.384 e. The van der Waals surface area contributed by atoms with Gasteiger partial charge in [-0.15, -0.1) is 0 Å². The molecule has 5 N–H and O–H groups in total. The molecule has 1 aromatic rings. The number of hydrogen-bond donors (Lipinski definition) is 3. The fourth-order valence-corrected chi connectivity index (χ4v) is 2.70. The van der Waals surface area contributed by atoms with E-state index in [0.717, 1.165) is 30.6 Å². The molecule has 0 radical (unpaired) electrons. The average Bonchev–Trinajstić information content (AvgIpc) is 2.58. The van der Waals surface area contributed by atoms with Gasteiger partial charge in [0.05, 0.1) is 4.88 Å². The van der Waals surface area contributed by atoms with Crippen LogP contribution in [0.15, 0.2) is 6.20 Å². The summed E-state index contributed by atoms with van der Waals surface area (Å²) >= 11 is 1.37. The Morgan fingerprint density at radius 3 is 2.64 bits per heavy atom. The van der Waals surface area contributed by atoms with Gasteiger partial charge in [0.15, 0.2) is 5.13 Å². The molecule has 1 heterocycles. The molecule has 0 saturated heterocycles. The van der Waals surface area contributed by atoms with Crippen LogP contribution in [0.1, 0.15) is 30.6 Å². The molecule has 0 unspecified atom stereocenters. The topological polar surface area (TPSA) is 85.2 Å². The maximum atomic E-state index is 10.3. The Morgan fingerprint density at radius 2 is 2.14 bits per heavy atom. The summed E-state index contributed by atoms with van der Waals surface area (Å²) in [4.78, 5) is 4.84. The van der Waals surface area contributed by atoms with Crippen LogP contribution in [0.2, 0.25) is 0 Å². The number of anilines is 1. The molecule has 14 heavy (non-hydrogen) atoms. The molecule has 1 aromatic heterocycles. The number of nitrogens with zero attached hydrogens (tertiary/aromatic N) is 1. The van der Waals surface area contributed by atoms with Crippen LogP contribution in [0.25, 0.3) is 0 Å².